The van der Waals surface area contributed by atoms with Gasteiger partial charge >= 0.3 is 0 Å². The van der Waals surface area contributed by atoms with Gasteiger partial charge in [-0.1, -0.05) is 11.3 Å². The van der Waals surface area contributed by atoms with E-state index in [1.165, 1.54) is 12.1 Å². The van der Waals surface area contributed by atoms with E-state index in [0.717, 1.165) is 22.3 Å². The van der Waals surface area contributed by atoms with Gasteiger partial charge in [0.25, 0.3) is 17.5 Å². The third kappa shape index (κ3) is 2.26. The molecule has 0 N–H and O–H groups in total. The van der Waals surface area contributed by atoms with Gasteiger partial charge < -0.3 is 0 Å². The summed E-state index contributed by atoms with van der Waals surface area (Å²) in [5.74, 6) is -1.11. The summed E-state index contributed by atoms with van der Waals surface area (Å²) < 4.78 is 0.206. The maximum atomic E-state index is 12.2. The van der Waals surface area contributed by atoms with Crippen LogP contribution in [-0.4, -0.2) is 31.8 Å². The molecular formula is C11H5ClN4O4S. The molecule has 1 aromatic carbocycles. The summed E-state index contributed by atoms with van der Waals surface area (Å²) in [7, 11) is 0. The van der Waals surface area contributed by atoms with E-state index in [1.54, 1.807) is 0 Å². The van der Waals surface area contributed by atoms with E-state index in [0.29, 0.717) is 5.01 Å². The van der Waals surface area contributed by atoms with Crippen LogP contribution in [0.2, 0.25) is 4.47 Å². The molecule has 8 nitrogen and oxygen atoms in total. The van der Waals surface area contributed by atoms with Gasteiger partial charge in [-0.15, -0.1) is 10.2 Å². The van der Waals surface area contributed by atoms with E-state index in [1.807, 2.05) is 0 Å². The maximum Gasteiger partial charge on any atom is 0.270 e. The Morgan fingerprint density at radius 3 is 2.57 bits per heavy atom. The van der Waals surface area contributed by atoms with Gasteiger partial charge in [0.2, 0.25) is 4.47 Å². The topological polar surface area (TPSA) is 106 Å². The number of carbonyl (C=O) groups excluding carboxylic acids is 2. The van der Waals surface area contributed by atoms with E-state index in [9.17, 15) is 19.7 Å². The number of nitro groups is 1. The molecule has 0 fully saturated rings. The number of halogens is 1. The molecule has 0 unspecified atom stereocenters. The first kappa shape index (κ1) is 13.6. The molecule has 0 aliphatic carbocycles. The molecule has 0 saturated carbocycles. The van der Waals surface area contributed by atoms with Crippen LogP contribution in [0.25, 0.3) is 0 Å². The summed E-state index contributed by atoms with van der Waals surface area (Å²) in [5.41, 5.74) is -0.0817. The van der Waals surface area contributed by atoms with Crippen molar-refractivity contribution in [3.05, 3.63) is 48.9 Å². The van der Waals surface area contributed by atoms with Crippen molar-refractivity contribution in [2.45, 2.75) is 6.54 Å². The molecule has 1 aliphatic heterocycles. The summed E-state index contributed by atoms with van der Waals surface area (Å²) >= 11 is 6.70. The van der Waals surface area contributed by atoms with E-state index >= 15 is 0 Å². The lowest BCUT2D eigenvalue weighted by molar-refractivity contribution is -0.384. The second-order valence-electron chi connectivity index (χ2n) is 4.13. The van der Waals surface area contributed by atoms with Crippen molar-refractivity contribution in [3.8, 4) is 0 Å². The van der Waals surface area contributed by atoms with Crippen LogP contribution in [0.15, 0.2) is 18.2 Å². The van der Waals surface area contributed by atoms with Crippen LogP contribution in [-0.2, 0) is 6.54 Å². The standard InChI is InChI=1S/C11H5ClN4O4S/c12-11-14-13-8(21-11)4-15-9(17)6-2-1-5(16(19)20)3-7(6)10(15)18/h1-3H,4H2. The van der Waals surface area contributed by atoms with Crippen molar-refractivity contribution < 1.29 is 14.5 Å². The van der Waals surface area contributed by atoms with Crippen molar-refractivity contribution in [1.29, 1.82) is 0 Å². The summed E-state index contributed by atoms with van der Waals surface area (Å²) in [6.07, 6.45) is 0. The van der Waals surface area contributed by atoms with Crippen LogP contribution in [0.1, 0.15) is 25.7 Å². The van der Waals surface area contributed by atoms with Crippen molar-refractivity contribution in [3.63, 3.8) is 0 Å². The van der Waals surface area contributed by atoms with Crippen LogP contribution in [0.3, 0.4) is 0 Å². The molecule has 0 atom stereocenters. The zero-order valence-electron chi connectivity index (χ0n) is 10.1. The van der Waals surface area contributed by atoms with Crippen LogP contribution in [0.5, 0.6) is 0 Å². The monoisotopic (exact) mass is 324 g/mol. The van der Waals surface area contributed by atoms with Gasteiger partial charge in [0, 0.05) is 12.1 Å². The van der Waals surface area contributed by atoms with Gasteiger partial charge in [-0.3, -0.25) is 24.6 Å². The number of rotatable bonds is 3. The fourth-order valence-corrected chi connectivity index (χ4v) is 2.82. The summed E-state index contributed by atoms with van der Waals surface area (Å²) in [5, 5.41) is 18.5. The van der Waals surface area contributed by atoms with Crippen LogP contribution < -0.4 is 0 Å². The minimum Gasteiger partial charge on any atom is -0.269 e. The fourth-order valence-electron chi connectivity index (χ4n) is 1.97. The SMILES string of the molecule is O=C1c2ccc([N+](=O)[O-])cc2C(=O)N1Cc1nnc(Cl)s1. The second kappa shape index (κ2) is 4.86. The van der Waals surface area contributed by atoms with E-state index in [2.05, 4.69) is 10.2 Å². The maximum absolute atomic E-state index is 12.2. The minimum atomic E-state index is -0.620. The molecule has 0 saturated heterocycles. The Balaban J connectivity index is 1.94. The number of fused-ring (bicyclic) bond motifs is 1. The fraction of sp³-hybridized carbons (Fsp3) is 0.0909. The zero-order valence-corrected chi connectivity index (χ0v) is 11.7. The van der Waals surface area contributed by atoms with E-state index in [4.69, 9.17) is 11.6 Å². The molecule has 106 valence electrons. The largest absolute Gasteiger partial charge is 0.270 e. The smallest absolute Gasteiger partial charge is 0.269 e. The third-order valence-corrected chi connectivity index (χ3v) is 3.90. The molecular weight excluding hydrogens is 320 g/mol. The number of nitro benzene ring substituents is 1. The number of imide groups is 1. The quantitative estimate of drug-likeness (QED) is 0.485. The predicted molar refractivity (Wildman–Crippen MR) is 72.2 cm³/mol. The number of non-ortho nitro benzene ring substituents is 1. The third-order valence-electron chi connectivity index (χ3n) is 2.90. The van der Waals surface area contributed by atoms with Crippen molar-refractivity contribution in [1.82, 2.24) is 15.1 Å². The number of hydrogen-bond acceptors (Lipinski definition) is 7. The molecule has 0 bridgehead atoms. The lowest BCUT2D eigenvalue weighted by atomic mass is 10.1. The molecule has 0 radical (unpaired) electrons. The highest BCUT2D eigenvalue weighted by Gasteiger charge is 2.37. The molecule has 2 heterocycles. The number of benzene rings is 1. The Morgan fingerprint density at radius 1 is 1.24 bits per heavy atom. The van der Waals surface area contributed by atoms with Crippen LogP contribution in [0.4, 0.5) is 5.69 Å². The highest BCUT2D eigenvalue weighted by atomic mass is 35.5. The van der Waals surface area contributed by atoms with Gasteiger partial charge in [-0.2, -0.15) is 0 Å². The first-order chi connectivity index (χ1) is 9.97. The minimum absolute atomic E-state index is 0.0183. The Bertz CT molecular complexity index is 790. The molecule has 2 amide bonds. The normalized spacial score (nSPS) is 13.7. The highest BCUT2D eigenvalue weighted by Crippen LogP contribution is 2.28. The zero-order chi connectivity index (χ0) is 15.1. The average Bonchev–Trinajstić information content (AvgIpc) is 2.96. The second-order valence-corrected chi connectivity index (χ2v) is 5.78. The molecule has 21 heavy (non-hydrogen) atoms. The van der Waals surface area contributed by atoms with Crippen LogP contribution >= 0.6 is 22.9 Å². The van der Waals surface area contributed by atoms with Gasteiger partial charge in [0.05, 0.1) is 22.6 Å². The molecule has 3 rings (SSSR count). The Labute approximate surface area is 126 Å². The number of hydrogen-bond donors (Lipinski definition) is 0. The Kier molecular flexibility index (Phi) is 3.15. The van der Waals surface area contributed by atoms with Crippen molar-refractivity contribution in [2.75, 3.05) is 0 Å². The van der Waals surface area contributed by atoms with Crippen molar-refractivity contribution >= 4 is 40.4 Å². The predicted octanol–water partition coefficient (Wildman–Crippen LogP) is 1.90. The van der Waals surface area contributed by atoms with Crippen LogP contribution in [0, 0.1) is 10.1 Å². The summed E-state index contributed by atoms with van der Waals surface area (Å²) in [6, 6.07) is 3.57. The molecule has 2 aromatic rings. The first-order valence-electron chi connectivity index (χ1n) is 5.60. The Morgan fingerprint density at radius 2 is 1.95 bits per heavy atom. The summed E-state index contributed by atoms with van der Waals surface area (Å²) in [4.78, 5) is 35.4. The lowest BCUT2D eigenvalue weighted by Crippen LogP contribution is -2.29. The molecule has 1 aliphatic rings. The number of carbonyl (C=O) groups is 2. The van der Waals surface area contributed by atoms with Gasteiger partial charge in [0.15, 0.2) is 0 Å². The summed E-state index contributed by atoms with van der Waals surface area (Å²) in [6.45, 7) is -0.0649. The first-order valence-corrected chi connectivity index (χ1v) is 6.79. The number of aromatic nitrogens is 2. The van der Waals surface area contributed by atoms with Gasteiger partial charge in [-0.05, 0) is 17.7 Å². The van der Waals surface area contributed by atoms with E-state index in [-0.39, 0.29) is 27.8 Å². The number of amides is 2. The van der Waals surface area contributed by atoms with Gasteiger partial charge in [0.1, 0.15) is 5.01 Å². The highest BCUT2D eigenvalue weighted by molar-refractivity contribution is 7.15. The number of nitrogens with zero attached hydrogens (tertiary/aromatic N) is 4. The van der Waals surface area contributed by atoms with Gasteiger partial charge in [-0.25, -0.2) is 0 Å². The lowest BCUT2D eigenvalue weighted by Gasteiger charge is -2.10. The van der Waals surface area contributed by atoms with E-state index < -0.39 is 16.7 Å². The molecule has 1 aromatic heterocycles. The van der Waals surface area contributed by atoms with Crippen molar-refractivity contribution in [2.24, 2.45) is 0 Å². The Hall–Kier alpha value is -2.39. The molecule has 10 heteroatoms. The molecule has 0 spiro atoms. The average molecular weight is 325 g/mol.